The lowest BCUT2D eigenvalue weighted by molar-refractivity contribution is 0.0951. The van der Waals surface area contributed by atoms with E-state index in [1.54, 1.807) is 0 Å². The maximum Gasteiger partial charge on any atom is 0.254 e. The molecule has 0 spiro atoms. The average Bonchev–Trinajstić information content (AvgIpc) is 2.92. The second kappa shape index (κ2) is 3.85. The van der Waals surface area contributed by atoms with E-state index in [1.165, 1.54) is 16.2 Å². The molecule has 82 valence electrons. The van der Waals surface area contributed by atoms with E-state index in [0.717, 1.165) is 24.8 Å². The Morgan fingerprint density at radius 2 is 2.27 bits per heavy atom. The summed E-state index contributed by atoms with van der Waals surface area (Å²) in [5, 5.41) is 3.63. The van der Waals surface area contributed by atoms with Crippen molar-refractivity contribution >= 4 is 22.2 Å². The summed E-state index contributed by atoms with van der Waals surface area (Å²) in [6.45, 7) is 4.06. The lowest BCUT2D eigenvalue weighted by atomic mass is 10.1. The van der Waals surface area contributed by atoms with Gasteiger partial charge in [0.05, 0.1) is 10.6 Å². The number of aryl methyl sites for hydroxylation is 1. The van der Waals surface area contributed by atoms with Crippen molar-refractivity contribution in [3.05, 3.63) is 16.0 Å². The van der Waals surface area contributed by atoms with Gasteiger partial charge in [0.15, 0.2) is 0 Å². The largest absolute Gasteiger partial charge is 0.390 e. The molecule has 3 nitrogen and oxygen atoms in total. The van der Waals surface area contributed by atoms with E-state index < -0.39 is 0 Å². The first kappa shape index (κ1) is 10.5. The maximum atomic E-state index is 11.9. The number of nitrogen functional groups attached to an aromatic ring is 1. The second-order valence-electron chi connectivity index (χ2n) is 3.99. The fourth-order valence-corrected chi connectivity index (χ4v) is 2.70. The number of amides is 1. The Balaban J connectivity index is 2.25. The maximum absolute atomic E-state index is 11.9. The van der Waals surface area contributed by atoms with Crippen molar-refractivity contribution in [2.45, 2.75) is 39.2 Å². The van der Waals surface area contributed by atoms with Gasteiger partial charge in [0.2, 0.25) is 0 Å². The summed E-state index contributed by atoms with van der Waals surface area (Å²) in [6, 6.07) is 0.390. The third kappa shape index (κ3) is 2.00. The molecule has 3 N–H and O–H groups in total. The third-order valence-corrected chi connectivity index (χ3v) is 4.00. The van der Waals surface area contributed by atoms with Crippen molar-refractivity contribution in [1.29, 1.82) is 0 Å². The first-order chi connectivity index (χ1) is 7.13. The fraction of sp³-hybridized carbons (Fsp3) is 0.545. The number of nitrogens with one attached hydrogen (secondary N) is 1. The van der Waals surface area contributed by atoms with E-state index in [2.05, 4.69) is 12.2 Å². The highest BCUT2D eigenvalue weighted by Crippen LogP contribution is 2.31. The molecule has 1 saturated carbocycles. The molecule has 0 aliphatic heterocycles. The molecule has 1 amide bonds. The number of carbonyl (C=O) groups excluding carboxylic acids is 1. The lowest BCUT2D eigenvalue weighted by Crippen LogP contribution is -2.26. The van der Waals surface area contributed by atoms with Crippen LogP contribution in [0.3, 0.4) is 0 Å². The van der Waals surface area contributed by atoms with Crippen LogP contribution >= 0.6 is 11.3 Å². The van der Waals surface area contributed by atoms with Crippen LogP contribution in [-0.4, -0.2) is 11.9 Å². The van der Waals surface area contributed by atoms with Crippen molar-refractivity contribution in [3.63, 3.8) is 0 Å². The predicted octanol–water partition coefficient (Wildman–Crippen LogP) is 2.09. The van der Waals surface area contributed by atoms with Gasteiger partial charge < -0.3 is 11.1 Å². The standard InChI is InChI=1S/C11H16N2OS/c1-3-8-6(2)9(10(12)15-8)11(14)13-7-4-5-7/h7H,3-5,12H2,1-2H3,(H,13,14). The van der Waals surface area contributed by atoms with E-state index in [-0.39, 0.29) is 5.91 Å². The minimum Gasteiger partial charge on any atom is -0.390 e. The zero-order valence-electron chi connectivity index (χ0n) is 9.09. The summed E-state index contributed by atoms with van der Waals surface area (Å²) < 4.78 is 0. The van der Waals surface area contributed by atoms with Crippen LogP contribution in [0.1, 0.15) is 40.6 Å². The van der Waals surface area contributed by atoms with Crippen LogP contribution in [0.25, 0.3) is 0 Å². The van der Waals surface area contributed by atoms with Gasteiger partial charge in [0.25, 0.3) is 5.91 Å². The Labute approximate surface area is 93.7 Å². The monoisotopic (exact) mass is 224 g/mol. The molecule has 0 atom stereocenters. The quantitative estimate of drug-likeness (QED) is 0.826. The van der Waals surface area contributed by atoms with Crippen molar-refractivity contribution in [1.82, 2.24) is 5.32 Å². The first-order valence-electron chi connectivity index (χ1n) is 5.32. The zero-order chi connectivity index (χ0) is 11.0. The minimum absolute atomic E-state index is 0.00319. The van der Waals surface area contributed by atoms with E-state index in [1.807, 2.05) is 6.92 Å². The smallest absolute Gasteiger partial charge is 0.254 e. The topological polar surface area (TPSA) is 55.1 Å². The summed E-state index contributed by atoms with van der Waals surface area (Å²) in [5.74, 6) is 0.00319. The van der Waals surface area contributed by atoms with Gasteiger partial charge in [0, 0.05) is 10.9 Å². The molecule has 0 saturated heterocycles. The van der Waals surface area contributed by atoms with Crippen molar-refractivity contribution in [2.24, 2.45) is 0 Å². The summed E-state index contributed by atoms with van der Waals surface area (Å²) in [6.07, 6.45) is 3.16. The Morgan fingerprint density at radius 3 is 2.73 bits per heavy atom. The molecule has 0 unspecified atom stereocenters. The molecule has 1 aliphatic carbocycles. The highest BCUT2D eigenvalue weighted by molar-refractivity contribution is 7.16. The molecule has 1 heterocycles. The van der Waals surface area contributed by atoms with Gasteiger partial charge in [-0.25, -0.2) is 0 Å². The Morgan fingerprint density at radius 1 is 1.60 bits per heavy atom. The number of rotatable bonds is 3. The number of nitrogens with two attached hydrogens (primary N) is 1. The predicted molar refractivity (Wildman–Crippen MR) is 63.3 cm³/mol. The highest BCUT2D eigenvalue weighted by Gasteiger charge is 2.26. The van der Waals surface area contributed by atoms with Crippen molar-refractivity contribution < 1.29 is 4.79 Å². The Hall–Kier alpha value is -1.03. The third-order valence-electron chi connectivity index (χ3n) is 2.73. The fourth-order valence-electron chi connectivity index (χ4n) is 1.69. The second-order valence-corrected chi connectivity index (χ2v) is 5.13. The molecule has 1 fully saturated rings. The molecular weight excluding hydrogens is 208 g/mol. The SMILES string of the molecule is CCc1sc(N)c(C(=O)NC2CC2)c1C. The van der Waals surface area contributed by atoms with Gasteiger partial charge in [-0.1, -0.05) is 6.92 Å². The number of anilines is 1. The van der Waals surface area contributed by atoms with Gasteiger partial charge in [-0.15, -0.1) is 11.3 Å². The Bertz CT molecular complexity index is 394. The van der Waals surface area contributed by atoms with Crippen LogP contribution in [0, 0.1) is 6.92 Å². The average molecular weight is 224 g/mol. The van der Waals surface area contributed by atoms with Crippen molar-refractivity contribution in [2.75, 3.05) is 5.73 Å². The van der Waals surface area contributed by atoms with Gasteiger partial charge in [0.1, 0.15) is 0 Å². The minimum atomic E-state index is 0.00319. The zero-order valence-corrected chi connectivity index (χ0v) is 9.91. The van der Waals surface area contributed by atoms with E-state index in [0.29, 0.717) is 16.6 Å². The van der Waals surface area contributed by atoms with Crippen LogP contribution < -0.4 is 11.1 Å². The first-order valence-corrected chi connectivity index (χ1v) is 6.13. The van der Waals surface area contributed by atoms with Crippen LogP contribution in [0.15, 0.2) is 0 Å². The number of thiophene rings is 1. The lowest BCUT2D eigenvalue weighted by Gasteiger charge is -2.03. The molecule has 0 radical (unpaired) electrons. The van der Waals surface area contributed by atoms with Gasteiger partial charge >= 0.3 is 0 Å². The number of hydrogen-bond donors (Lipinski definition) is 2. The molecule has 1 aliphatic rings. The molecule has 0 bridgehead atoms. The Kier molecular flexibility index (Phi) is 2.69. The summed E-state index contributed by atoms with van der Waals surface area (Å²) in [7, 11) is 0. The van der Waals surface area contributed by atoms with E-state index >= 15 is 0 Å². The van der Waals surface area contributed by atoms with Gasteiger partial charge in [-0.2, -0.15) is 0 Å². The molecule has 1 aromatic rings. The van der Waals surface area contributed by atoms with Crippen LogP contribution in [-0.2, 0) is 6.42 Å². The normalized spacial score (nSPS) is 15.3. The summed E-state index contributed by atoms with van der Waals surface area (Å²) in [4.78, 5) is 13.1. The molecule has 15 heavy (non-hydrogen) atoms. The molecular formula is C11H16N2OS. The molecule has 0 aromatic carbocycles. The summed E-state index contributed by atoms with van der Waals surface area (Å²) in [5.41, 5.74) is 7.62. The van der Waals surface area contributed by atoms with Crippen LogP contribution in [0.5, 0.6) is 0 Å². The number of hydrogen-bond acceptors (Lipinski definition) is 3. The van der Waals surface area contributed by atoms with E-state index in [4.69, 9.17) is 5.73 Å². The van der Waals surface area contributed by atoms with Gasteiger partial charge in [-0.05, 0) is 31.7 Å². The number of carbonyl (C=O) groups is 1. The van der Waals surface area contributed by atoms with Crippen LogP contribution in [0.4, 0.5) is 5.00 Å². The van der Waals surface area contributed by atoms with Gasteiger partial charge in [-0.3, -0.25) is 4.79 Å². The molecule has 2 rings (SSSR count). The summed E-state index contributed by atoms with van der Waals surface area (Å²) >= 11 is 1.53. The van der Waals surface area contributed by atoms with Crippen LogP contribution in [0.2, 0.25) is 0 Å². The molecule has 1 aromatic heterocycles. The van der Waals surface area contributed by atoms with E-state index in [9.17, 15) is 4.79 Å². The highest BCUT2D eigenvalue weighted by atomic mass is 32.1. The molecule has 4 heteroatoms. The van der Waals surface area contributed by atoms with Crippen molar-refractivity contribution in [3.8, 4) is 0 Å².